The largest absolute Gasteiger partial charge is 0.389 e. The zero-order valence-electron chi connectivity index (χ0n) is 11.0. The summed E-state index contributed by atoms with van der Waals surface area (Å²) in [4.78, 5) is 4.81. The molecule has 1 saturated carbocycles. The first-order chi connectivity index (χ1) is 9.65. The quantitative estimate of drug-likeness (QED) is 0.718. The summed E-state index contributed by atoms with van der Waals surface area (Å²) < 4.78 is 0.942. The molecular weight excluding hydrogens is 356 g/mol. The van der Waals surface area contributed by atoms with Crippen molar-refractivity contribution in [1.29, 1.82) is 0 Å². The molecule has 1 aromatic heterocycles. The predicted molar refractivity (Wildman–Crippen MR) is 90.5 cm³/mol. The van der Waals surface area contributed by atoms with E-state index in [0.717, 1.165) is 20.7 Å². The van der Waals surface area contributed by atoms with Gasteiger partial charge in [0.05, 0.1) is 5.01 Å². The lowest BCUT2D eigenvalue weighted by molar-refractivity contribution is 0.442. The van der Waals surface area contributed by atoms with Crippen molar-refractivity contribution in [3.8, 4) is 11.3 Å². The molecule has 0 aliphatic heterocycles. The lowest BCUT2D eigenvalue weighted by Crippen LogP contribution is -2.03. The van der Waals surface area contributed by atoms with Crippen LogP contribution in [0.3, 0.4) is 0 Å². The summed E-state index contributed by atoms with van der Waals surface area (Å²) in [5.74, 6) is 0.593. The average molecular weight is 372 g/mol. The Balaban J connectivity index is 1.95. The molecule has 0 amide bonds. The second kappa shape index (κ2) is 6.04. The highest BCUT2D eigenvalue weighted by Crippen LogP contribution is 2.41. The molecule has 1 heterocycles. The van der Waals surface area contributed by atoms with Gasteiger partial charge in [0.15, 0.2) is 0 Å². The molecule has 0 radical (unpaired) electrons. The zero-order valence-corrected chi connectivity index (χ0v) is 14.2. The molecule has 0 saturated heterocycles. The molecule has 5 heteroatoms. The molecule has 2 N–H and O–H groups in total. The van der Waals surface area contributed by atoms with E-state index in [0.29, 0.717) is 10.9 Å². The number of benzene rings is 1. The Morgan fingerprint density at radius 2 is 2.00 bits per heavy atom. The average Bonchev–Trinajstić information content (AvgIpc) is 2.82. The summed E-state index contributed by atoms with van der Waals surface area (Å²) in [7, 11) is 0. The number of nitrogens with zero attached hydrogens (tertiary/aromatic N) is 1. The van der Waals surface area contributed by atoms with Crippen molar-refractivity contribution in [3.63, 3.8) is 0 Å². The molecule has 3 rings (SSSR count). The molecule has 106 valence electrons. The van der Waals surface area contributed by atoms with Crippen LogP contribution in [0, 0.1) is 0 Å². The van der Waals surface area contributed by atoms with Gasteiger partial charge in [0, 0.05) is 21.0 Å². The van der Waals surface area contributed by atoms with Gasteiger partial charge in [-0.2, -0.15) is 0 Å². The molecule has 1 aliphatic rings. The minimum Gasteiger partial charge on any atom is -0.389 e. The zero-order chi connectivity index (χ0) is 14.1. The van der Waals surface area contributed by atoms with E-state index in [1.165, 1.54) is 37.1 Å². The minimum absolute atomic E-state index is 0.593. The highest BCUT2D eigenvalue weighted by atomic mass is 79.9. The summed E-state index contributed by atoms with van der Waals surface area (Å²) in [6.45, 7) is 0. The number of hydrogen-bond donors (Lipinski definition) is 1. The van der Waals surface area contributed by atoms with Crippen molar-refractivity contribution in [2.24, 2.45) is 0 Å². The number of hydrogen-bond acceptors (Lipinski definition) is 3. The maximum absolute atomic E-state index is 6.19. The lowest BCUT2D eigenvalue weighted by atomic mass is 9.90. The number of thiazole rings is 1. The van der Waals surface area contributed by atoms with E-state index in [9.17, 15) is 0 Å². The number of rotatable bonds is 2. The van der Waals surface area contributed by atoms with Crippen LogP contribution < -0.4 is 5.73 Å². The topological polar surface area (TPSA) is 38.9 Å². The maximum atomic E-state index is 6.19. The number of aromatic nitrogens is 1. The van der Waals surface area contributed by atoms with Gasteiger partial charge in [0.2, 0.25) is 0 Å². The number of halogens is 2. The highest BCUT2D eigenvalue weighted by Gasteiger charge is 2.21. The van der Waals surface area contributed by atoms with E-state index in [1.807, 2.05) is 18.2 Å². The number of anilines is 1. The smallest absolute Gasteiger partial charge is 0.114 e. The van der Waals surface area contributed by atoms with Crippen LogP contribution in [0.4, 0.5) is 5.00 Å². The Kier molecular flexibility index (Phi) is 4.34. The Hall–Kier alpha value is -0.580. The molecule has 1 aliphatic carbocycles. The van der Waals surface area contributed by atoms with Gasteiger partial charge in [-0.05, 0) is 25.0 Å². The van der Waals surface area contributed by atoms with E-state index in [-0.39, 0.29) is 0 Å². The molecule has 2 nitrogen and oxygen atoms in total. The van der Waals surface area contributed by atoms with Gasteiger partial charge < -0.3 is 5.73 Å². The third-order valence-electron chi connectivity index (χ3n) is 3.81. The molecule has 0 bridgehead atoms. The molecule has 1 fully saturated rings. The van der Waals surface area contributed by atoms with Crippen molar-refractivity contribution in [2.45, 2.75) is 38.0 Å². The van der Waals surface area contributed by atoms with Crippen molar-refractivity contribution in [2.75, 3.05) is 5.73 Å². The molecule has 2 aromatic rings. The fourth-order valence-electron chi connectivity index (χ4n) is 2.75. The van der Waals surface area contributed by atoms with Crippen molar-refractivity contribution in [3.05, 3.63) is 32.7 Å². The van der Waals surface area contributed by atoms with Crippen LogP contribution in [-0.4, -0.2) is 4.98 Å². The van der Waals surface area contributed by atoms with E-state index in [2.05, 4.69) is 15.9 Å². The Labute approximate surface area is 136 Å². The molecule has 0 unspecified atom stereocenters. The van der Waals surface area contributed by atoms with Crippen LogP contribution in [0.15, 0.2) is 22.7 Å². The van der Waals surface area contributed by atoms with E-state index < -0.39 is 0 Å². The molecular formula is C15H16BrClN2S. The third-order valence-corrected chi connectivity index (χ3v) is 5.75. The van der Waals surface area contributed by atoms with Crippen LogP contribution >= 0.6 is 38.9 Å². The van der Waals surface area contributed by atoms with Crippen LogP contribution in [0.1, 0.15) is 43.0 Å². The van der Waals surface area contributed by atoms with Gasteiger partial charge >= 0.3 is 0 Å². The van der Waals surface area contributed by atoms with Gasteiger partial charge in [-0.25, -0.2) is 4.98 Å². The van der Waals surface area contributed by atoms with Gasteiger partial charge in [0.25, 0.3) is 0 Å². The normalized spacial score (nSPS) is 16.5. The molecule has 0 atom stereocenters. The Bertz CT molecular complexity index is 620. The summed E-state index contributed by atoms with van der Waals surface area (Å²) in [6.07, 6.45) is 6.46. The van der Waals surface area contributed by atoms with Crippen molar-refractivity contribution < 1.29 is 0 Å². The fraction of sp³-hybridized carbons (Fsp3) is 0.400. The van der Waals surface area contributed by atoms with Crippen LogP contribution in [0.25, 0.3) is 11.3 Å². The van der Waals surface area contributed by atoms with Crippen LogP contribution in [0.2, 0.25) is 5.02 Å². The molecule has 1 aromatic carbocycles. The van der Waals surface area contributed by atoms with Gasteiger partial charge in [-0.1, -0.05) is 52.9 Å². The lowest BCUT2D eigenvalue weighted by Gasteiger charge is -2.18. The maximum Gasteiger partial charge on any atom is 0.114 e. The van der Waals surface area contributed by atoms with Crippen LogP contribution in [-0.2, 0) is 0 Å². The molecule has 0 spiro atoms. The summed E-state index contributed by atoms with van der Waals surface area (Å²) in [5.41, 5.74) is 8.10. The SMILES string of the molecule is Nc1sc(C2CCCCC2)nc1-c1ccc(Cl)cc1Br. The second-order valence-electron chi connectivity index (χ2n) is 5.22. The monoisotopic (exact) mass is 370 g/mol. The number of nitrogens with two attached hydrogens (primary N) is 1. The van der Waals surface area contributed by atoms with Gasteiger partial charge in [0.1, 0.15) is 10.7 Å². The van der Waals surface area contributed by atoms with E-state index in [4.69, 9.17) is 22.3 Å². The van der Waals surface area contributed by atoms with Gasteiger partial charge in [-0.3, -0.25) is 0 Å². The Morgan fingerprint density at radius 3 is 2.70 bits per heavy atom. The summed E-state index contributed by atoms with van der Waals surface area (Å²) >= 11 is 11.2. The molecule has 20 heavy (non-hydrogen) atoms. The Morgan fingerprint density at radius 1 is 1.25 bits per heavy atom. The second-order valence-corrected chi connectivity index (χ2v) is 7.58. The van der Waals surface area contributed by atoms with E-state index >= 15 is 0 Å². The first kappa shape index (κ1) is 14.4. The van der Waals surface area contributed by atoms with Crippen molar-refractivity contribution in [1.82, 2.24) is 4.98 Å². The fourth-order valence-corrected chi connectivity index (χ4v) is 4.64. The highest BCUT2D eigenvalue weighted by molar-refractivity contribution is 9.10. The van der Waals surface area contributed by atoms with E-state index in [1.54, 1.807) is 11.3 Å². The first-order valence-electron chi connectivity index (χ1n) is 6.87. The third kappa shape index (κ3) is 2.87. The summed E-state index contributed by atoms with van der Waals surface area (Å²) in [6, 6.07) is 5.74. The minimum atomic E-state index is 0.593. The van der Waals surface area contributed by atoms with Crippen molar-refractivity contribution >= 4 is 43.9 Å². The number of nitrogen functional groups attached to an aromatic ring is 1. The predicted octanol–water partition coefficient (Wildman–Crippen LogP) is 5.86. The van der Waals surface area contributed by atoms with Crippen LogP contribution in [0.5, 0.6) is 0 Å². The standard InChI is InChI=1S/C15H16BrClN2S/c16-12-8-10(17)6-7-11(12)13-14(18)20-15(19-13)9-4-2-1-3-5-9/h6-9H,1-5,18H2. The van der Waals surface area contributed by atoms with Gasteiger partial charge in [-0.15, -0.1) is 11.3 Å². The first-order valence-corrected chi connectivity index (χ1v) is 8.85. The summed E-state index contributed by atoms with van der Waals surface area (Å²) in [5, 5.41) is 2.70.